The Bertz CT molecular complexity index is 1870. The monoisotopic (exact) mass is 674 g/mol. The van der Waals surface area contributed by atoms with Gasteiger partial charge >= 0.3 is 0 Å². The standard InChI is InChI=1S/C41H39ClN2O5/c42-40-34-23-13-14-24-35(34)44(43-40)41-39(48-28-33-21-11-4-12-22-33)38(47-27-32-19-9-3-10-20-32)37(46-26-31-17-7-2-8-18-31)36(49-41)29-45-25-30-15-5-1-6-16-30/h1-24,36-39,41H,25-29H2/t36-,37-,38+,39-,41?/m1/s1. The highest BCUT2D eigenvalue weighted by molar-refractivity contribution is 6.34. The lowest BCUT2D eigenvalue weighted by molar-refractivity contribution is -0.291. The summed E-state index contributed by atoms with van der Waals surface area (Å²) in [5.74, 6) is 0. The molecule has 6 aromatic rings. The minimum Gasteiger partial charge on any atom is -0.374 e. The zero-order chi connectivity index (χ0) is 33.3. The second kappa shape index (κ2) is 16.4. The molecule has 7 nitrogen and oxygen atoms in total. The Balaban J connectivity index is 1.27. The van der Waals surface area contributed by atoms with E-state index in [1.165, 1.54) is 0 Å². The molecule has 7 rings (SSSR count). The number of benzene rings is 5. The molecule has 5 atom stereocenters. The van der Waals surface area contributed by atoms with Gasteiger partial charge in [-0.3, -0.25) is 0 Å². The van der Waals surface area contributed by atoms with E-state index in [2.05, 4.69) is 24.3 Å². The fourth-order valence-corrected chi connectivity index (χ4v) is 6.45. The van der Waals surface area contributed by atoms with E-state index in [-0.39, 0.29) is 6.61 Å². The number of halogens is 1. The normalized spacial score (nSPS) is 20.8. The van der Waals surface area contributed by atoms with Crippen LogP contribution in [0.15, 0.2) is 146 Å². The van der Waals surface area contributed by atoms with Crippen molar-refractivity contribution in [1.82, 2.24) is 9.78 Å². The van der Waals surface area contributed by atoms with Crippen LogP contribution in [-0.4, -0.2) is 40.8 Å². The van der Waals surface area contributed by atoms with E-state index in [0.29, 0.717) is 31.6 Å². The number of aromatic nitrogens is 2. The third kappa shape index (κ3) is 8.28. The summed E-state index contributed by atoms with van der Waals surface area (Å²) in [5, 5.41) is 6.01. The van der Waals surface area contributed by atoms with Crippen molar-refractivity contribution in [2.75, 3.05) is 6.61 Å². The van der Waals surface area contributed by atoms with E-state index in [0.717, 1.165) is 33.2 Å². The zero-order valence-corrected chi connectivity index (χ0v) is 27.8. The summed E-state index contributed by atoms with van der Waals surface area (Å²) in [7, 11) is 0. The Morgan fingerprint density at radius 1 is 0.531 bits per heavy atom. The molecular formula is C41H39ClN2O5. The molecule has 0 aliphatic carbocycles. The number of nitrogens with zero attached hydrogens (tertiary/aromatic N) is 2. The topological polar surface area (TPSA) is 64.0 Å². The summed E-state index contributed by atoms with van der Waals surface area (Å²) in [6.45, 7) is 1.74. The maximum absolute atomic E-state index is 7.00. The van der Waals surface area contributed by atoms with E-state index in [9.17, 15) is 0 Å². The minimum atomic E-state index is -0.705. The highest BCUT2D eigenvalue weighted by Gasteiger charge is 2.50. The summed E-state index contributed by atoms with van der Waals surface area (Å²) in [6, 6.07) is 48.3. The van der Waals surface area contributed by atoms with Gasteiger partial charge in [-0.25, -0.2) is 4.68 Å². The Kier molecular flexibility index (Phi) is 11.1. The smallest absolute Gasteiger partial charge is 0.180 e. The van der Waals surface area contributed by atoms with Gasteiger partial charge in [0.2, 0.25) is 0 Å². The second-order valence-corrected chi connectivity index (χ2v) is 12.5. The van der Waals surface area contributed by atoms with Crippen LogP contribution in [0.1, 0.15) is 28.5 Å². The van der Waals surface area contributed by atoms with Gasteiger partial charge in [-0.2, -0.15) is 5.10 Å². The molecule has 0 N–H and O–H groups in total. The lowest BCUT2D eigenvalue weighted by Gasteiger charge is -2.46. The quantitative estimate of drug-likeness (QED) is 0.115. The number of fused-ring (bicyclic) bond motifs is 1. The van der Waals surface area contributed by atoms with Gasteiger partial charge in [0.05, 0.1) is 38.6 Å². The molecule has 0 saturated carbocycles. The van der Waals surface area contributed by atoms with Crippen molar-refractivity contribution in [3.63, 3.8) is 0 Å². The number of hydrogen-bond donors (Lipinski definition) is 0. The van der Waals surface area contributed by atoms with Crippen molar-refractivity contribution in [2.45, 2.75) is 57.1 Å². The molecule has 0 bridgehead atoms. The van der Waals surface area contributed by atoms with Crippen LogP contribution in [0, 0.1) is 0 Å². The van der Waals surface area contributed by atoms with Gasteiger partial charge in [0.1, 0.15) is 24.4 Å². The first-order chi connectivity index (χ1) is 24.2. The first-order valence-corrected chi connectivity index (χ1v) is 17.0. The van der Waals surface area contributed by atoms with E-state index >= 15 is 0 Å². The summed E-state index contributed by atoms with van der Waals surface area (Å²) >= 11 is 6.72. The zero-order valence-electron chi connectivity index (χ0n) is 27.1. The van der Waals surface area contributed by atoms with Crippen LogP contribution in [0.4, 0.5) is 0 Å². The van der Waals surface area contributed by atoms with E-state index in [4.69, 9.17) is 40.4 Å². The molecule has 0 radical (unpaired) electrons. The Labute approximate surface area is 291 Å². The fraction of sp³-hybridized carbons (Fsp3) is 0.244. The predicted octanol–water partition coefficient (Wildman–Crippen LogP) is 8.56. The molecule has 1 aromatic heterocycles. The number of rotatable bonds is 14. The van der Waals surface area contributed by atoms with Crippen LogP contribution in [-0.2, 0) is 50.1 Å². The van der Waals surface area contributed by atoms with E-state index in [1.807, 2.05) is 126 Å². The van der Waals surface area contributed by atoms with Gasteiger partial charge in [-0.05, 0) is 34.4 Å². The van der Waals surface area contributed by atoms with Crippen LogP contribution < -0.4 is 0 Å². The predicted molar refractivity (Wildman–Crippen MR) is 190 cm³/mol. The van der Waals surface area contributed by atoms with Gasteiger partial charge in [0, 0.05) is 5.39 Å². The van der Waals surface area contributed by atoms with Crippen molar-refractivity contribution in [2.24, 2.45) is 0 Å². The fourth-order valence-electron chi connectivity index (χ4n) is 6.21. The average Bonchev–Trinajstić information content (AvgIpc) is 3.50. The van der Waals surface area contributed by atoms with E-state index in [1.54, 1.807) is 0 Å². The molecule has 49 heavy (non-hydrogen) atoms. The summed E-state index contributed by atoms with van der Waals surface area (Å²) in [6.07, 6.45) is -2.98. The molecule has 1 aliphatic rings. The molecule has 0 amide bonds. The molecule has 1 saturated heterocycles. The molecule has 2 heterocycles. The lowest BCUT2D eigenvalue weighted by atomic mass is 9.96. The van der Waals surface area contributed by atoms with Gasteiger partial charge in [-0.1, -0.05) is 145 Å². The Morgan fingerprint density at radius 2 is 0.980 bits per heavy atom. The maximum Gasteiger partial charge on any atom is 0.180 e. The molecule has 1 aliphatic heterocycles. The van der Waals surface area contributed by atoms with E-state index < -0.39 is 30.6 Å². The number of ether oxygens (including phenoxy) is 5. The van der Waals surface area contributed by atoms with Crippen molar-refractivity contribution in [1.29, 1.82) is 0 Å². The van der Waals surface area contributed by atoms with Crippen LogP contribution in [0.3, 0.4) is 0 Å². The van der Waals surface area contributed by atoms with Gasteiger partial charge in [0.15, 0.2) is 11.4 Å². The lowest BCUT2D eigenvalue weighted by Crippen LogP contribution is -2.59. The van der Waals surface area contributed by atoms with Crippen LogP contribution in [0.2, 0.25) is 5.15 Å². The largest absolute Gasteiger partial charge is 0.374 e. The van der Waals surface area contributed by atoms with Crippen LogP contribution in [0.25, 0.3) is 10.9 Å². The Morgan fingerprint density at radius 3 is 1.53 bits per heavy atom. The first kappa shape index (κ1) is 33.2. The molecule has 1 fully saturated rings. The SMILES string of the molecule is Clc1nn(C2O[C@H](COCc3ccccc3)[C@@H](OCc3ccccc3)[C@H](OCc3ccccc3)[C@H]2OCc2ccccc2)c2ccccc12. The first-order valence-electron chi connectivity index (χ1n) is 16.6. The Hall–Kier alpha value is -4.34. The van der Waals surface area contributed by atoms with Gasteiger partial charge < -0.3 is 23.7 Å². The number of para-hydroxylation sites is 1. The average molecular weight is 675 g/mol. The van der Waals surface area contributed by atoms with Crippen LogP contribution >= 0.6 is 11.6 Å². The number of hydrogen-bond acceptors (Lipinski definition) is 6. The maximum atomic E-state index is 7.00. The summed E-state index contributed by atoms with van der Waals surface area (Å²) in [4.78, 5) is 0. The van der Waals surface area contributed by atoms with Crippen LogP contribution in [0.5, 0.6) is 0 Å². The van der Waals surface area contributed by atoms with Crippen molar-refractivity contribution in [3.05, 3.63) is 173 Å². The van der Waals surface area contributed by atoms with Gasteiger partial charge in [-0.15, -0.1) is 0 Å². The molecule has 8 heteroatoms. The highest BCUT2D eigenvalue weighted by Crippen LogP contribution is 2.38. The third-order valence-electron chi connectivity index (χ3n) is 8.67. The summed E-state index contributed by atoms with van der Waals surface area (Å²) in [5.41, 5.74) is 5.02. The molecule has 1 unspecified atom stereocenters. The second-order valence-electron chi connectivity index (χ2n) is 12.1. The molecule has 5 aromatic carbocycles. The molecule has 0 spiro atoms. The highest BCUT2D eigenvalue weighted by atomic mass is 35.5. The van der Waals surface area contributed by atoms with Crippen molar-refractivity contribution >= 4 is 22.5 Å². The van der Waals surface area contributed by atoms with Crippen molar-refractivity contribution in [3.8, 4) is 0 Å². The van der Waals surface area contributed by atoms with Crippen molar-refractivity contribution < 1.29 is 23.7 Å². The third-order valence-corrected chi connectivity index (χ3v) is 8.95. The molecule has 250 valence electrons. The molecular weight excluding hydrogens is 636 g/mol. The van der Waals surface area contributed by atoms with Gasteiger partial charge in [0.25, 0.3) is 0 Å². The minimum absolute atomic E-state index is 0.258. The summed E-state index contributed by atoms with van der Waals surface area (Å²) < 4.78 is 35.6.